The van der Waals surface area contributed by atoms with Crippen LogP contribution in [0.4, 0.5) is 13.8 Å². The van der Waals surface area contributed by atoms with Crippen molar-refractivity contribution < 1.29 is 23.5 Å². The lowest BCUT2D eigenvalue weighted by Gasteiger charge is -2.19. The predicted molar refractivity (Wildman–Crippen MR) is 106 cm³/mol. The molecule has 0 aliphatic rings. The number of aromatic nitrogens is 1. The zero-order valence-electron chi connectivity index (χ0n) is 15.1. The number of carbonyl (C=O) groups is 2. The molecule has 0 radical (unpaired) electrons. The zero-order chi connectivity index (χ0) is 20.3. The van der Waals surface area contributed by atoms with Crippen LogP contribution in [0.2, 0.25) is 0 Å². The Bertz CT molecular complexity index is 1020. The Morgan fingerprint density at radius 3 is 2.71 bits per heavy atom. The molecule has 9 heteroatoms. The summed E-state index contributed by atoms with van der Waals surface area (Å²) in [6.45, 7) is 2.13. The van der Waals surface area contributed by atoms with Crippen LogP contribution >= 0.6 is 22.7 Å². The number of amides is 1. The Hall–Kier alpha value is -2.39. The lowest BCUT2D eigenvalue weighted by atomic mass is 10.2. The van der Waals surface area contributed by atoms with E-state index in [0.717, 1.165) is 41.9 Å². The Kier molecular flexibility index (Phi) is 6.35. The van der Waals surface area contributed by atoms with Crippen LogP contribution < -0.4 is 4.90 Å². The number of benzene rings is 1. The molecule has 3 aromatic rings. The number of thiazole rings is 1. The summed E-state index contributed by atoms with van der Waals surface area (Å²) in [5.41, 5.74) is 1.30. The molecule has 2 aromatic heterocycles. The second kappa shape index (κ2) is 8.74. The zero-order valence-corrected chi connectivity index (χ0v) is 16.7. The molecule has 3 rings (SSSR count). The van der Waals surface area contributed by atoms with Crippen LogP contribution in [0, 0.1) is 11.6 Å². The summed E-state index contributed by atoms with van der Waals surface area (Å²) in [6.07, 6.45) is 1.41. The second-order valence-electron chi connectivity index (χ2n) is 6.26. The van der Waals surface area contributed by atoms with E-state index < -0.39 is 17.6 Å². The van der Waals surface area contributed by atoms with E-state index in [1.165, 1.54) is 16.2 Å². The van der Waals surface area contributed by atoms with Crippen LogP contribution in [0.3, 0.4) is 0 Å². The van der Waals surface area contributed by atoms with Crippen LogP contribution in [0.25, 0.3) is 10.2 Å². The molecule has 5 nitrogen and oxygen atoms in total. The fourth-order valence-corrected chi connectivity index (χ4v) is 4.68. The molecule has 0 aliphatic heterocycles. The normalized spacial score (nSPS) is 11.1. The number of nitrogens with zero attached hydrogens (tertiary/aromatic N) is 2. The standard InChI is InChI=1S/C19H18F2N2O3S2/c1-2-3-11-6-17(27-10-11)23(16(24)4-5-18(25)26)9-15-22-14-8-12(20)7-13(21)19(14)28-15/h6-8,10H,2-5,9H2,1H3,(H,25,26). The van der Waals surface area contributed by atoms with Gasteiger partial charge in [0.1, 0.15) is 16.6 Å². The van der Waals surface area contributed by atoms with Gasteiger partial charge in [-0.15, -0.1) is 22.7 Å². The van der Waals surface area contributed by atoms with Gasteiger partial charge in [0.05, 0.1) is 28.2 Å². The number of aliphatic carboxylic acids is 1. The van der Waals surface area contributed by atoms with E-state index in [1.54, 1.807) is 0 Å². The first-order chi connectivity index (χ1) is 13.4. The number of rotatable bonds is 8. The number of thiophene rings is 1. The van der Waals surface area contributed by atoms with E-state index >= 15 is 0 Å². The number of carboxylic acids is 1. The lowest BCUT2D eigenvalue weighted by Crippen LogP contribution is -2.30. The smallest absolute Gasteiger partial charge is 0.303 e. The highest BCUT2D eigenvalue weighted by Gasteiger charge is 2.21. The van der Waals surface area contributed by atoms with Crippen molar-refractivity contribution in [1.82, 2.24) is 4.98 Å². The number of hydrogen-bond donors (Lipinski definition) is 1. The maximum atomic E-state index is 14.0. The lowest BCUT2D eigenvalue weighted by molar-refractivity contribution is -0.138. The summed E-state index contributed by atoms with van der Waals surface area (Å²) in [5, 5.41) is 12.0. The minimum Gasteiger partial charge on any atom is -0.481 e. The summed E-state index contributed by atoms with van der Waals surface area (Å²) in [5.74, 6) is -2.80. The van der Waals surface area contributed by atoms with Gasteiger partial charge >= 0.3 is 5.97 Å². The van der Waals surface area contributed by atoms with Gasteiger partial charge in [-0.1, -0.05) is 13.3 Å². The first kappa shape index (κ1) is 20.3. The Balaban J connectivity index is 1.90. The fraction of sp³-hybridized carbons (Fsp3) is 0.316. The van der Waals surface area contributed by atoms with Gasteiger partial charge in [0.15, 0.2) is 0 Å². The molecule has 2 heterocycles. The van der Waals surface area contributed by atoms with Gasteiger partial charge in [-0.2, -0.15) is 0 Å². The largest absolute Gasteiger partial charge is 0.481 e. The molecule has 0 atom stereocenters. The number of halogens is 2. The van der Waals surface area contributed by atoms with Crippen molar-refractivity contribution in [2.75, 3.05) is 4.90 Å². The van der Waals surface area contributed by atoms with Gasteiger partial charge in [-0.25, -0.2) is 13.8 Å². The van der Waals surface area contributed by atoms with E-state index in [1.807, 2.05) is 11.4 Å². The van der Waals surface area contributed by atoms with Crippen molar-refractivity contribution in [2.45, 2.75) is 39.2 Å². The molecule has 1 aromatic carbocycles. The Labute approximate surface area is 168 Å². The summed E-state index contributed by atoms with van der Waals surface area (Å²) in [6, 6.07) is 3.86. The van der Waals surface area contributed by atoms with Gasteiger partial charge in [-0.3, -0.25) is 14.5 Å². The highest BCUT2D eigenvalue weighted by atomic mass is 32.1. The predicted octanol–water partition coefficient (Wildman–Crippen LogP) is 4.99. The van der Waals surface area contributed by atoms with Crippen LogP contribution in [-0.4, -0.2) is 22.0 Å². The molecule has 1 amide bonds. The van der Waals surface area contributed by atoms with E-state index in [4.69, 9.17) is 5.11 Å². The molecule has 0 spiro atoms. The molecule has 0 saturated carbocycles. The molecule has 0 saturated heterocycles. The molecule has 0 unspecified atom stereocenters. The van der Waals surface area contributed by atoms with Crippen LogP contribution in [0.5, 0.6) is 0 Å². The van der Waals surface area contributed by atoms with E-state index in [0.29, 0.717) is 10.0 Å². The summed E-state index contributed by atoms with van der Waals surface area (Å²) in [7, 11) is 0. The number of hydrogen-bond acceptors (Lipinski definition) is 5. The molecular formula is C19H18F2N2O3S2. The van der Waals surface area contributed by atoms with Crippen molar-refractivity contribution >= 4 is 49.8 Å². The second-order valence-corrected chi connectivity index (χ2v) is 8.23. The van der Waals surface area contributed by atoms with Gasteiger partial charge in [0.2, 0.25) is 5.91 Å². The highest BCUT2D eigenvalue weighted by molar-refractivity contribution is 7.18. The van der Waals surface area contributed by atoms with Gasteiger partial charge in [0.25, 0.3) is 0 Å². The van der Waals surface area contributed by atoms with E-state index in [9.17, 15) is 18.4 Å². The third kappa shape index (κ3) is 4.71. The van der Waals surface area contributed by atoms with Crippen molar-refractivity contribution in [1.29, 1.82) is 0 Å². The van der Waals surface area contributed by atoms with Crippen LogP contribution in [0.15, 0.2) is 23.6 Å². The van der Waals surface area contributed by atoms with Gasteiger partial charge in [0, 0.05) is 18.6 Å². The fourth-order valence-electron chi connectivity index (χ4n) is 2.77. The topological polar surface area (TPSA) is 70.5 Å². The number of carboxylic acid groups (broad SMARTS) is 1. The van der Waals surface area contributed by atoms with E-state index in [2.05, 4.69) is 11.9 Å². The first-order valence-electron chi connectivity index (χ1n) is 8.71. The minimum absolute atomic E-state index is 0.0743. The van der Waals surface area contributed by atoms with Crippen molar-refractivity contribution in [2.24, 2.45) is 0 Å². The molecule has 0 bridgehead atoms. The molecular weight excluding hydrogens is 406 g/mol. The third-order valence-electron chi connectivity index (χ3n) is 4.05. The van der Waals surface area contributed by atoms with Gasteiger partial charge < -0.3 is 5.11 Å². The maximum absolute atomic E-state index is 14.0. The minimum atomic E-state index is -1.05. The quantitative estimate of drug-likeness (QED) is 0.553. The van der Waals surface area contributed by atoms with Crippen molar-refractivity contribution in [3.63, 3.8) is 0 Å². The molecule has 1 N–H and O–H groups in total. The summed E-state index contributed by atoms with van der Waals surface area (Å²) in [4.78, 5) is 29.2. The number of carbonyl (C=O) groups excluding carboxylic acids is 1. The number of anilines is 1. The maximum Gasteiger partial charge on any atom is 0.303 e. The Morgan fingerprint density at radius 1 is 1.21 bits per heavy atom. The van der Waals surface area contributed by atoms with Gasteiger partial charge in [-0.05, 0) is 23.4 Å². The average Bonchev–Trinajstić information content (AvgIpc) is 3.24. The highest BCUT2D eigenvalue weighted by Crippen LogP contribution is 2.31. The molecule has 0 aliphatic carbocycles. The summed E-state index contributed by atoms with van der Waals surface area (Å²) >= 11 is 2.45. The van der Waals surface area contributed by atoms with E-state index in [-0.39, 0.29) is 35.5 Å². The van der Waals surface area contributed by atoms with Crippen LogP contribution in [-0.2, 0) is 22.6 Å². The van der Waals surface area contributed by atoms with Crippen LogP contribution in [0.1, 0.15) is 36.8 Å². The average molecular weight is 424 g/mol. The summed E-state index contributed by atoms with van der Waals surface area (Å²) < 4.78 is 27.6. The third-order valence-corrected chi connectivity index (χ3v) is 6.11. The van der Waals surface area contributed by atoms with Crippen molar-refractivity contribution in [3.8, 4) is 0 Å². The van der Waals surface area contributed by atoms with Crippen molar-refractivity contribution in [3.05, 3.63) is 45.8 Å². The SMILES string of the molecule is CCCc1csc(N(Cc2nc3cc(F)cc(F)c3s2)C(=O)CCC(=O)O)c1. The number of fused-ring (bicyclic) bond motifs is 1. The molecule has 28 heavy (non-hydrogen) atoms. The molecule has 148 valence electrons. The Morgan fingerprint density at radius 2 is 2.00 bits per heavy atom. The molecule has 0 fully saturated rings. The monoisotopic (exact) mass is 424 g/mol. The number of aryl methyl sites for hydroxylation is 1. The first-order valence-corrected chi connectivity index (χ1v) is 10.4.